The van der Waals surface area contributed by atoms with Gasteiger partial charge >= 0.3 is 0 Å². The summed E-state index contributed by atoms with van der Waals surface area (Å²) in [5.74, 6) is -0.155. The van der Waals surface area contributed by atoms with Gasteiger partial charge in [0.15, 0.2) is 0 Å². The molecule has 2 amide bonds. The highest BCUT2D eigenvalue weighted by Crippen LogP contribution is 2.14. The first-order valence-electron chi connectivity index (χ1n) is 8.10. The van der Waals surface area contributed by atoms with Gasteiger partial charge in [-0.25, -0.2) is 0 Å². The zero-order chi connectivity index (χ0) is 16.7. The first-order chi connectivity index (χ1) is 11.1. The van der Waals surface area contributed by atoms with E-state index in [4.69, 9.17) is 0 Å². The Morgan fingerprint density at radius 3 is 2.43 bits per heavy atom. The summed E-state index contributed by atoms with van der Waals surface area (Å²) in [6.45, 7) is 5.12. The van der Waals surface area contributed by atoms with E-state index >= 15 is 0 Å². The number of amides is 2. The van der Waals surface area contributed by atoms with Gasteiger partial charge in [0.25, 0.3) is 0 Å². The van der Waals surface area contributed by atoms with Crippen LogP contribution in [0.4, 0.5) is 0 Å². The predicted molar refractivity (Wildman–Crippen MR) is 87.7 cm³/mol. The first kappa shape index (κ1) is 17.4. The summed E-state index contributed by atoms with van der Waals surface area (Å²) < 4.78 is 0. The van der Waals surface area contributed by atoms with E-state index in [0.29, 0.717) is 26.1 Å². The number of aliphatic hydroxyl groups is 1. The Labute approximate surface area is 137 Å². The molecule has 1 fully saturated rings. The monoisotopic (exact) mass is 319 g/mol. The molecule has 0 spiro atoms. The van der Waals surface area contributed by atoms with Gasteiger partial charge in [0.2, 0.25) is 11.8 Å². The average molecular weight is 319 g/mol. The van der Waals surface area contributed by atoms with Crippen molar-refractivity contribution in [1.82, 2.24) is 15.1 Å². The van der Waals surface area contributed by atoms with E-state index in [-0.39, 0.29) is 18.4 Å². The Balaban J connectivity index is 1.73. The third-order valence-electron chi connectivity index (χ3n) is 4.10. The van der Waals surface area contributed by atoms with E-state index in [1.165, 1.54) is 0 Å². The first-order valence-corrected chi connectivity index (χ1v) is 8.10. The van der Waals surface area contributed by atoms with Crippen molar-refractivity contribution in [1.29, 1.82) is 0 Å². The van der Waals surface area contributed by atoms with E-state index < -0.39 is 6.10 Å². The number of aliphatic hydroxyl groups excluding tert-OH is 1. The molecule has 1 aliphatic heterocycles. The van der Waals surface area contributed by atoms with E-state index in [0.717, 1.165) is 18.7 Å². The van der Waals surface area contributed by atoms with Crippen LogP contribution >= 0.6 is 0 Å². The molecular formula is C17H25N3O3. The fourth-order valence-corrected chi connectivity index (χ4v) is 2.62. The number of hydrogen-bond acceptors (Lipinski definition) is 4. The summed E-state index contributed by atoms with van der Waals surface area (Å²) in [6.07, 6.45) is -0.124. The van der Waals surface area contributed by atoms with E-state index in [2.05, 4.69) is 10.2 Å². The number of nitrogens with one attached hydrogen (secondary N) is 1. The van der Waals surface area contributed by atoms with Gasteiger partial charge in [-0.3, -0.25) is 14.5 Å². The smallest absolute Gasteiger partial charge is 0.242 e. The van der Waals surface area contributed by atoms with E-state index in [1.54, 1.807) is 11.8 Å². The van der Waals surface area contributed by atoms with Gasteiger partial charge in [0, 0.05) is 39.1 Å². The summed E-state index contributed by atoms with van der Waals surface area (Å²) in [6, 6.07) is 9.60. The maximum atomic E-state index is 12.0. The lowest BCUT2D eigenvalue weighted by molar-refractivity contribution is -0.134. The van der Waals surface area contributed by atoms with E-state index in [1.807, 2.05) is 30.3 Å². The average Bonchev–Trinajstić information content (AvgIpc) is 2.60. The van der Waals surface area contributed by atoms with Crippen molar-refractivity contribution in [3.8, 4) is 0 Å². The van der Waals surface area contributed by atoms with Gasteiger partial charge in [0.1, 0.15) is 0 Å². The molecule has 1 aliphatic rings. The summed E-state index contributed by atoms with van der Waals surface area (Å²) in [5, 5.41) is 12.9. The minimum absolute atomic E-state index is 0.0462. The minimum atomic E-state index is -0.512. The van der Waals surface area contributed by atoms with Crippen molar-refractivity contribution in [2.75, 3.05) is 39.3 Å². The number of benzene rings is 1. The van der Waals surface area contributed by atoms with Crippen LogP contribution in [0.3, 0.4) is 0 Å². The second kappa shape index (κ2) is 8.64. The molecular weight excluding hydrogens is 294 g/mol. The molecule has 0 aliphatic carbocycles. The van der Waals surface area contributed by atoms with Crippen molar-refractivity contribution in [2.45, 2.75) is 19.4 Å². The van der Waals surface area contributed by atoms with Gasteiger partial charge < -0.3 is 15.3 Å². The predicted octanol–water partition coefficient (Wildman–Crippen LogP) is 0.390. The zero-order valence-corrected chi connectivity index (χ0v) is 13.6. The van der Waals surface area contributed by atoms with Crippen LogP contribution < -0.4 is 5.32 Å². The van der Waals surface area contributed by atoms with Gasteiger partial charge in [-0.1, -0.05) is 37.3 Å². The zero-order valence-electron chi connectivity index (χ0n) is 13.6. The molecule has 2 rings (SSSR count). The molecule has 6 heteroatoms. The number of β-amino-alcohol motifs (C(OH)–C–C–N with tert-alkyl or cyclic N) is 1. The van der Waals surface area contributed by atoms with Gasteiger partial charge in [-0.05, 0) is 5.56 Å². The highest BCUT2D eigenvalue weighted by Gasteiger charge is 2.22. The Morgan fingerprint density at radius 2 is 1.83 bits per heavy atom. The number of carbonyl (C=O) groups excluding carboxylic acids is 2. The maximum absolute atomic E-state index is 12.0. The number of carbonyl (C=O) groups is 2. The molecule has 1 aromatic rings. The van der Waals surface area contributed by atoms with Crippen molar-refractivity contribution in [3.63, 3.8) is 0 Å². The third kappa shape index (κ3) is 5.33. The Kier molecular flexibility index (Phi) is 6.55. The number of hydrogen-bond donors (Lipinski definition) is 2. The second-order valence-electron chi connectivity index (χ2n) is 5.74. The fourth-order valence-electron chi connectivity index (χ4n) is 2.62. The number of piperazine rings is 1. The Hall–Kier alpha value is -1.92. The van der Waals surface area contributed by atoms with Crippen LogP contribution in [-0.2, 0) is 9.59 Å². The van der Waals surface area contributed by atoms with Gasteiger partial charge in [-0.2, -0.15) is 0 Å². The lowest BCUT2D eigenvalue weighted by Crippen LogP contribution is -2.51. The Bertz CT molecular complexity index is 513. The normalized spacial score (nSPS) is 16.9. The lowest BCUT2D eigenvalue weighted by Gasteiger charge is -2.35. The molecule has 0 bridgehead atoms. The SMILES string of the molecule is CCC(=O)NCC(=O)N1CCN(CC(O)c2ccccc2)CC1. The second-order valence-corrected chi connectivity index (χ2v) is 5.74. The third-order valence-corrected chi connectivity index (χ3v) is 4.10. The molecule has 0 aromatic heterocycles. The number of nitrogens with zero attached hydrogens (tertiary/aromatic N) is 2. The summed E-state index contributed by atoms with van der Waals surface area (Å²) in [7, 11) is 0. The standard InChI is InChI=1S/C17H25N3O3/c1-2-16(22)18-12-17(23)20-10-8-19(9-11-20)13-15(21)14-6-4-3-5-7-14/h3-7,15,21H,2,8-13H2,1H3,(H,18,22). The summed E-state index contributed by atoms with van der Waals surface area (Å²) in [5.41, 5.74) is 0.910. The maximum Gasteiger partial charge on any atom is 0.242 e. The molecule has 23 heavy (non-hydrogen) atoms. The molecule has 2 N–H and O–H groups in total. The van der Waals surface area contributed by atoms with Crippen LogP contribution in [0.15, 0.2) is 30.3 Å². The number of rotatable bonds is 6. The molecule has 0 saturated carbocycles. The van der Waals surface area contributed by atoms with Gasteiger partial charge in [-0.15, -0.1) is 0 Å². The lowest BCUT2D eigenvalue weighted by atomic mass is 10.1. The topological polar surface area (TPSA) is 72.9 Å². The van der Waals surface area contributed by atoms with Crippen LogP contribution in [0, 0.1) is 0 Å². The van der Waals surface area contributed by atoms with Crippen molar-refractivity contribution in [2.24, 2.45) is 0 Å². The molecule has 1 saturated heterocycles. The molecule has 1 atom stereocenters. The molecule has 1 aromatic carbocycles. The molecule has 6 nitrogen and oxygen atoms in total. The summed E-state index contributed by atoms with van der Waals surface area (Å²) >= 11 is 0. The van der Waals surface area contributed by atoms with E-state index in [9.17, 15) is 14.7 Å². The highest BCUT2D eigenvalue weighted by molar-refractivity contribution is 5.84. The van der Waals surface area contributed by atoms with Crippen LogP contribution in [0.25, 0.3) is 0 Å². The molecule has 0 radical (unpaired) electrons. The quantitative estimate of drug-likeness (QED) is 0.796. The van der Waals surface area contributed by atoms with Crippen LogP contribution in [0.2, 0.25) is 0 Å². The highest BCUT2D eigenvalue weighted by atomic mass is 16.3. The van der Waals surface area contributed by atoms with Crippen molar-refractivity contribution >= 4 is 11.8 Å². The van der Waals surface area contributed by atoms with Crippen molar-refractivity contribution in [3.05, 3.63) is 35.9 Å². The summed E-state index contributed by atoms with van der Waals surface area (Å²) in [4.78, 5) is 27.1. The van der Waals surface area contributed by atoms with Crippen LogP contribution in [0.5, 0.6) is 0 Å². The molecule has 1 unspecified atom stereocenters. The van der Waals surface area contributed by atoms with Crippen molar-refractivity contribution < 1.29 is 14.7 Å². The Morgan fingerprint density at radius 1 is 1.17 bits per heavy atom. The van der Waals surface area contributed by atoms with Gasteiger partial charge in [0.05, 0.1) is 12.6 Å². The van der Waals surface area contributed by atoms with Crippen LogP contribution in [0.1, 0.15) is 25.0 Å². The fraction of sp³-hybridized carbons (Fsp3) is 0.529. The van der Waals surface area contributed by atoms with Crippen LogP contribution in [-0.4, -0.2) is 66.0 Å². The largest absolute Gasteiger partial charge is 0.387 e. The molecule has 1 heterocycles. The minimum Gasteiger partial charge on any atom is -0.387 e. The molecule has 126 valence electrons.